The van der Waals surface area contributed by atoms with Gasteiger partial charge in [0, 0.05) is 19.1 Å². The molecule has 0 aliphatic heterocycles. The van der Waals surface area contributed by atoms with E-state index in [0.29, 0.717) is 22.8 Å². The van der Waals surface area contributed by atoms with Gasteiger partial charge in [0.2, 0.25) is 5.95 Å². The Hall–Kier alpha value is -1.75. The lowest BCUT2D eigenvalue weighted by Crippen LogP contribution is -2.09. The molecule has 0 amide bonds. The van der Waals surface area contributed by atoms with Crippen LogP contribution in [-0.4, -0.2) is 62.9 Å². The molecule has 2 rings (SSSR count). The highest BCUT2D eigenvalue weighted by Crippen LogP contribution is 2.15. The van der Waals surface area contributed by atoms with Crippen molar-refractivity contribution < 1.29 is 8.42 Å². The van der Waals surface area contributed by atoms with E-state index in [1.54, 1.807) is 7.05 Å². The van der Waals surface area contributed by atoms with Crippen LogP contribution in [0.5, 0.6) is 0 Å². The summed E-state index contributed by atoms with van der Waals surface area (Å²) in [6.07, 6.45) is 4.04. The van der Waals surface area contributed by atoms with Gasteiger partial charge in [-0.05, 0) is 0 Å². The summed E-state index contributed by atoms with van der Waals surface area (Å²) in [6, 6.07) is 0. The second-order valence-corrected chi connectivity index (χ2v) is 7.13. The fourth-order valence-electron chi connectivity index (χ4n) is 1.22. The lowest BCUT2D eigenvalue weighted by atomic mass is 10.8. The number of hydrogen-bond acceptors (Lipinski definition) is 9. The van der Waals surface area contributed by atoms with Crippen LogP contribution in [0.4, 0.5) is 5.95 Å². The normalized spacial score (nSPS) is 11.5. The minimum atomic E-state index is -3.00. The third kappa shape index (κ3) is 4.13. The van der Waals surface area contributed by atoms with E-state index in [-0.39, 0.29) is 5.75 Å². The molecular formula is C9H13N7O2S2. The van der Waals surface area contributed by atoms with Gasteiger partial charge in [0.25, 0.3) is 5.95 Å². The van der Waals surface area contributed by atoms with Crippen molar-refractivity contribution in [1.82, 2.24) is 29.7 Å². The van der Waals surface area contributed by atoms with Crippen LogP contribution in [0.3, 0.4) is 0 Å². The predicted molar refractivity (Wildman–Crippen MR) is 74.7 cm³/mol. The number of nitrogens with one attached hydrogen (secondary N) is 1. The van der Waals surface area contributed by atoms with E-state index in [4.69, 9.17) is 0 Å². The summed E-state index contributed by atoms with van der Waals surface area (Å²) in [5.74, 6) is 1.15. The predicted octanol–water partition coefficient (Wildman–Crippen LogP) is -0.369. The molecule has 0 fully saturated rings. The van der Waals surface area contributed by atoms with E-state index in [2.05, 4.69) is 30.4 Å². The molecule has 1 N–H and O–H groups in total. The van der Waals surface area contributed by atoms with Gasteiger partial charge in [-0.2, -0.15) is 24.7 Å². The number of rotatable bonds is 6. The van der Waals surface area contributed by atoms with Crippen LogP contribution in [-0.2, 0) is 9.84 Å². The Labute approximate surface area is 120 Å². The Kier molecular flexibility index (Phi) is 4.49. The van der Waals surface area contributed by atoms with Crippen molar-refractivity contribution in [2.75, 3.05) is 30.1 Å². The third-order valence-corrected chi connectivity index (χ3v) is 4.19. The van der Waals surface area contributed by atoms with Gasteiger partial charge in [0.05, 0.1) is 5.75 Å². The summed E-state index contributed by atoms with van der Waals surface area (Å²) in [6.45, 7) is 0. The molecule has 0 saturated heterocycles. The lowest BCUT2D eigenvalue weighted by molar-refractivity contribution is 0.603. The Morgan fingerprint density at radius 1 is 1.35 bits per heavy atom. The first-order chi connectivity index (χ1) is 9.48. The van der Waals surface area contributed by atoms with Crippen molar-refractivity contribution in [1.29, 1.82) is 0 Å². The van der Waals surface area contributed by atoms with Gasteiger partial charge >= 0.3 is 0 Å². The van der Waals surface area contributed by atoms with E-state index < -0.39 is 9.84 Å². The molecule has 11 heteroatoms. The standard InChI is InChI=1S/C9H13N7O2S2/c1-10-7-13-8(16-6-11-5-12-16)15-9(14-7)19-3-4-20(2,17)18/h5-6H,3-4H2,1-2H3,(H,10,13,14,15). The molecule has 2 aromatic heterocycles. The van der Waals surface area contributed by atoms with Crippen LogP contribution in [0.25, 0.3) is 5.95 Å². The average Bonchev–Trinajstić information content (AvgIpc) is 2.90. The fourth-order valence-corrected chi connectivity index (χ4v) is 3.24. The number of aromatic nitrogens is 6. The fraction of sp³-hybridized carbons (Fsp3) is 0.444. The van der Waals surface area contributed by atoms with Crippen molar-refractivity contribution >= 4 is 27.5 Å². The third-order valence-electron chi connectivity index (χ3n) is 2.14. The van der Waals surface area contributed by atoms with Crippen molar-refractivity contribution in [3.05, 3.63) is 12.7 Å². The number of thioether (sulfide) groups is 1. The Morgan fingerprint density at radius 2 is 2.15 bits per heavy atom. The maximum atomic E-state index is 11.1. The first-order valence-corrected chi connectivity index (χ1v) is 8.62. The lowest BCUT2D eigenvalue weighted by Gasteiger charge is -2.05. The monoisotopic (exact) mass is 315 g/mol. The van der Waals surface area contributed by atoms with E-state index in [0.717, 1.165) is 0 Å². The van der Waals surface area contributed by atoms with Gasteiger partial charge in [-0.3, -0.25) is 0 Å². The summed E-state index contributed by atoms with van der Waals surface area (Å²) in [5.41, 5.74) is 0. The summed E-state index contributed by atoms with van der Waals surface area (Å²) in [7, 11) is -1.31. The highest BCUT2D eigenvalue weighted by Gasteiger charge is 2.10. The highest BCUT2D eigenvalue weighted by molar-refractivity contribution is 8.00. The first-order valence-electron chi connectivity index (χ1n) is 5.57. The Bertz CT molecular complexity index is 672. The van der Waals surface area contributed by atoms with Crippen molar-refractivity contribution in [2.45, 2.75) is 5.16 Å². The molecule has 0 spiro atoms. The van der Waals surface area contributed by atoms with Crippen molar-refractivity contribution in [2.24, 2.45) is 0 Å². The largest absolute Gasteiger partial charge is 0.357 e. The smallest absolute Gasteiger partial charge is 0.257 e. The maximum Gasteiger partial charge on any atom is 0.257 e. The zero-order valence-corrected chi connectivity index (χ0v) is 12.5. The molecule has 108 valence electrons. The maximum absolute atomic E-state index is 11.1. The number of hydrogen-bond donors (Lipinski definition) is 1. The van der Waals surface area contributed by atoms with Crippen LogP contribution in [0.1, 0.15) is 0 Å². The van der Waals surface area contributed by atoms with Crippen LogP contribution >= 0.6 is 11.8 Å². The molecule has 0 aliphatic carbocycles. The van der Waals surface area contributed by atoms with Crippen LogP contribution in [0, 0.1) is 0 Å². The topological polar surface area (TPSA) is 116 Å². The summed E-state index contributed by atoms with van der Waals surface area (Å²) < 4.78 is 23.6. The second kappa shape index (κ2) is 6.13. The van der Waals surface area contributed by atoms with Gasteiger partial charge in [0.15, 0.2) is 5.16 Å². The van der Waals surface area contributed by atoms with E-state index in [1.165, 1.54) is 35.4 Å². The molecular weight excluding hydrogens is 302 g/mol. The zero-order chi connectivity index (χ0) is 14.6. The van der Waals surface area contributed by atoms with Crippen molar-refractivity contribution in [3.63, 3.8) is 0 Å². The van der Waals surface area contributed by atoms with Crippen molar-refractivity contribution in [3.8, 4) is 5.95 Å². The highest BCUT2D eigenvalue weighted by atomic mass is 32.2. The Balaban J connectivity index is 2.18. The molecule has 0 radical (unpaired) electrons. The summed E-state index contributed by atoms with van der Waals surface area (Å²) in [4.78, 5) is 16.3. The second-order valence-electron chi connectivity index (χ2n) is 3.81. The molecule has 2 heterocycles. The quantitative estimate of drug-likeness (QED) is 0.713. The molecule has 20 heavy (non-hydrogen) atoms. The SMILES string of the molecule is CNc1nc(SCCS(C)(=O)=O)nc(-n2cncn2)n1. The minimum absolute atomic E-state index is 0.0664. The molecule has 0 unspecified atom stereocenters. The van der Waals surface area contributed by atoms with E-state index in [9.17, 15) is 8.42 Å². The first kappa shape index (κ1) is 14.7. The average molecular weight is 315 g/mol. The van der Waals surface area contributed by atoms with Gasteiger partial charge < -0.3 is 5.32 Å². The zero-order valence-electron chi connectivity index (χ0n) is 10.9. The van der Waals surface area contributed by atoms with Gasteiger partial charge in [0.1, 0.15) is 22.5 Å². The molecule has 0 aliphatic rings. The van der Waals surface area contributed by atoms with E-state index >= 15 is 0 Å². The minimum Gasteiger partial charge on any atom is -0.357 e. The molecule has 0 saturated carbocycles. The number of sulfone groups is 1. The number of nitrogens with zero attached hydrogens (tertiary/aromatic N) is 6. The van der Waals surface area contributed by atoms with Crippen LogP contribution < -0.4 is 5.32 Å². The summed E-state index contributed by atoms with van der Waals surface area (Å²) in [5, 5.41) is 7.19. The molecule has 2 aromatic rings. The van der Waals surface area contributed by atoms with Gasteiger partial charge in [-0.15, -0.1) is 0 Å². The van der Waals surface area contributed by atoms with Crippen LogP contribution in [0.2, 0.25) is 0 Å². The Morgan fingerprint density at radius 3 is 2.75 bits per heavy atom. The van der Waals surface area contributed by atoms with Gasteiger partial charge in [-0.25, -0.2) is 13.4 Å². The summed E-state index contributed by atoms with van der Waals surface area (Å²) >= 11 is 1.25. The molecule has 0 bridgehead atoms. The molecule has 0 aromatic carbocycles. The van der Waals surface area contributed by atoms with Gasteiger partial charge in [-0.1, -0.05) is 11.8 Å². The molecule has 9 nitrogen and oxygen atoms in total. The number of anilines is 1. The van der Waals surface area contributed by atoms with E-state index in [1.807, 2.05) is 0 Å². The molecule has 0 atom stereocenters. The van der Waals surface area contributed by atoms with Crippen LogP contribution in [0.15, 0.2) is 17.8 Å².